The van der Waals surface area contributed by atoms with E-state index in [2.05, 4.69) is 4.72 Å². The number of carbonyl (C=O) groups excluding carboxylic acids is 1. The number of benzene rings is 1. The zero-order valence-corrected chi connectivity index (χ0v) is 11.7. The highest BCUT2D eigenvalue weighted by Gasteiger charge is 2.24. The lowest BCUT2D eigenvalue weighted by Gasteiger charge is -2.26. The summed E-state index contributed by atoms with van der Waals surface area (Å²) in [5, 5.41) is 0. The highest BCUT2D eigenvalue weighted by atomic mass is 32.2. The average molecular weight is 282 g/mol. The molecule has 0 atom stereocenters. The van der Waals surface area contributed by atoms with E-state index in [0.29, 0.717) is 24.3 Å². The Morgan fingerprint density at radius 1 is 1.16 bits per heavy atom. The topological polar surface area (TPSA) is 66.5 Å². The van der Waals surface area contributed by atoms with Crippen molar-refractivity contribution >= 4 is 21.7 Å². The second kappa shape index (κ2) is 5.71. The number of anilines is 1. The van der Waals surface area contributed by atoms with Crippen LogP contribution in [0.1, 0.15) is 36.5 Å². The molecular weight excluding hydrogens is 264 g/mol. The molecule has 1 saturated heterocycles. The van der Waals surface area contributed by atoms with Crippen LogP contribution in [0.5, 0.6) is 0 Å². The number of Topliss-reactive ketones (excluding diaryl/α,β-unsaturated/α-hetero) is 1. The number of piperidine rings is 1. The lowest BCUT2D eigenvalue weighted by molar-refractivity contribution is 0.101. The van der Waals surface area contributed by atoms with E-state index in [-0.39, 0.29) is 5.78 Å². The molecule has 1 aromatic carbocycles. The molecule has 0 aromatic heterocycles. The van der Waals surface area contributed by atoms with Crippen LogP contribution in [0.3, 0.4) is 0 Å². The molecule has 0 unspecified atom stereocenters. The van der Waals surface area contributed by atoms with Gasteiger partial charge >= 0.3 is 10.2 Å². The molecule has 1 aromatic rings. The number of ketones is 1. The molecule has 0 bridgehead atoms. The van der Waals surface area contributed by atoms with Crippen molar-refractivity contribution in [2.45, 2.75) is 26.2 Å². The number of carbonyl (C=O) groups is 1. The molecule has 0 radical (unpaired) electrons. The van der Waals surface area contributed by atoms with Crippen LogP contribution >= 0.6 is 0 Å². The van der Waals surface area contributed by atoms with Crippen molar-refractivity contribution in [2.75, 3.05) is 17.8 Å². The number of hydrogen-bond acceptors (Lipinski definition) is 3. The Balaban J connectivity index is 2.22. The number of para-hydroxylation sites is 1. The lowest BCUT2D eigenvalue weighted by Crippen LogP contribution is -2.39. The van der Waals surface area contributed by atoms with Gasteiger partial charge in [0.1, 0.15) is 0 Å². The normalized spacial score (nSPS) is 17.1. The second-order valence-corrected chi connectivity index (χ2v) is 6.34. The Bertz CT molecular complexity index is 563. The molecule has 6 heteroatoms. The lowest BCUT2D eigenvalue weighted by atomic mass is 10.1. The van der Waals surface area contributed by atoms with Gasteiger partial charge in [-0.3, -0.25) is 9.52 Å². The van der Waals surface area contributed by atoms with Crippen molar-refractivity contribution in [2.24, 2.45) is 0 Å². The van der Waals surface area contributed by atoms with E-state index in [9.17, 15) is 13.2 Å². The molecule has 1 heterocycles. The van der Waals surface area contributed by atoms with Gasteiger partial charge < -0.3 is 0 Å². The Labute approximate surface area is 113 Å². The minimum atomic E-state index is -3.56. The summed E-state index contributed by atoms with van der Waals surface area (Å²) in [6, 6.07) is 6.66. The predicted octanol–water partition coefficient (Wildman–Crippen LogP) is 2.03. The van der Waals surface area contributed by atoms with Crippen LogP contribution in [-0.2, 0) is 10.2 Å². The summed E-state index contributed by atoms with van der Waals surface area (Å²) in [4.78, 5) is 11.5. The van der Waals surface area contributed by atoms with E-state index in [1.165, 1.54) is 11.2 Å². The van der Waals surface area contributed by atoms with Crippen LogP contribution < -0.4 is 4.72 Å². The predicted molar refractivity (Wildman–Crippen MR) is 74.4 cm³/mol. The minimum absolute atomic E-state index is 0.156. The number of hydrogen-bond donors (Lipinski definition) is 1. The van der Waals surface area contributed by atoms with Gasteiger partial charge in [-0.1, -0.05) is 18.6 Å². The molecule has 19 heavy (non-hydrogen) atoms. The molecule has 5 nitrogen and oxygen atoms in total. The van der Waals surface area contributed by atoms with E-state index in [1.54, 1.807) is 24.3 Å². The maximum absolute atomic E-state index is 12.2. The van der Waals surface area contributed by atoms with Crippen LogP contribution in [-0.4, -0.2) is 31.6 Å². The second-order valence-electron chi connectivity index (χ2n) is 4.67. The molecule has 0 spiro atoms. The summed E-state index contributed by atoms with van der Waals surface area (Å²) >= 11 is 0. The van der Waals surface area contributed by atoms with Gasteiger partial charge in [0, 0.05) is 18.7 Å². The fourth-order valence-electron chi connectivity index (χ4n) is 2.19. The van der Waals surface area contributed by atoms with Gasteiger partial charge in [-0.05, 0) is 31.9 Å². The van der Waals surface area contributed by atoms with E-state index in [4.69, 9.17) is 0 Å². The van der Waals surface area contributed by atoms with Crippen molar-refractivity contribution in [3.8, 4) is 0 Å². The minimum Gasteiger partial charge on any atom is -0.294 e. The molecule has 2 rings (SSSR count). The molecule has 1 fully saturated rings. The number of nitrogens with zero attached hydrogens (tertiary/aromatic N) is 1. The van der Waals surface area contributed by atoms with Gasteiger partial charge in [-0.15, -0.1) is 0 Å². The summed E-state index contributed by atoms with van der Waals surface area (Å²) in [5.74, 6) is -0.156. The van der Waals surface area contributed by atoms with Crippen LogP contribution in [0.15, 0.2) is 24.3 Å². The maximum Gasteiger partial charge on any atom is 0.301 e. The van der Waals surface area contributed by atoms with Crippen LogP contribution in [0.2, 0.25) is 0 Å². The van der Waals surface area contributed by atoms with Crippen molar-refractivity contribution < 1.29 is 13.2 Å². The Morgan fingerprint density at radius 2 is 1.79 bits per heavy atom. The smallest absolute Gasteiger partial charge is 0.294 e. The first-order valence-electron chi connectivity index (χ1n) is 6.38. The van der Waals surface area contributed by atoms with Crippen LogP contribution in [0.25, 0.3) is 0 Å². The van der Waals surface area contributed by atoms with Crippen molar-refractivity contribution in [3.63, 3.8) is 0 Å². The van der Waals surface area contributed by atoms with Gasteiger partial charge in [0.25, 0.3) is 0 Å². The van der Waals surface area contributed by atoms with E-state index in [1.807, 2.05) is 0 Å². The Morgan fingerprint density at radius 3 is 2.42 bits per heavy atom. The van der Waals surface area contributed by atoms with Gasteiger partial charge in [0.05, 0.1) is 5.69 Å². The fourth-order valence-corrected chi connectivity index (χ4v) is 3.51. The average Bonchev–Trinajstić information content (AvgIpc) is 2.39. The highest BCUT2D eigenvalue weighted by molar-refractivity contribution is 7.90. The number of nitrogens with one attached hydrogen (secondary N) is 1. The zero-order valence-electron chi connectivity index (χ0n) is 10.9. The summed E-state index contributed by atoms with van der Waals surface area (Å²) in [6.07, 6.45) is 2.83. The van der Waals surface area contributed by atoms with Gasteiger partial charge in [0.15, 0.2) is 5.78 Å². The van der Waals surface area contributed by atoms with E-state index in [0.717, 1.165) is 19.3 Å². The highest BCUT2D eigenvalue weighted by Crippen LogP contribution is 2.20. The maximum atomic E-state index is 12.2. The Kier molecular flexibility index (Phi) is 4.21. The first-order valence-corrected chi connectivity index (χ1v) is 7.82. The molecular formula is C13H18N2O3S. The van der Waals surface area contributed by atoms with Gasteiger partial charge in [-0.2, -0.15) is 12.7 Å². The monoisotopic (exact) mass is 282 g/mol. The van der Waals surface area contributed by atoms with Gasteiger partial charge in [0.2, 0.25) is 0 Å². The van der Waals surface area contributed by atoms with Crippen LogP contribution in [0, 0.1) is 0 Å². The summed E-state index contributed by atoms with van der Waals surface area (Å²) < 4.78 is 28.4. The number of rotatable bonds is 4. The third-order valence-corrected chi connectivity index (χ3v) is 4.72. The van der Waals surface area contributed by atoms with Crippen molar-refractivity contribution in [1.29, 1.82) is 0 Å². The first kappa shape index (κ1) is 14.0. The largest absolute Gasteiger partial charge is 0.301 e. The summed E-state index contributed by atoms with van der Waals surface area (Å²) in [6.45, 7) is 2.50. The molecule has 0 saturated carbocycles. The molecule has 0 aliphatic carbocycles. The quantitative estimate of drug-likeness (QED) is 0.859. The molecule has 1 aliphatic heterocycles. The fraction of sp³-hybridized carbons (Fsp3) is 0.462. The van der Waals surface area contributed by atoms with E-state index >= 15 is 0 Å². The Hall–Kier alpha value is -1.40. The third kappa shape index (κ3) is 3.33. The van der Waals surface area contributed by atoms with E-state index < -0.39 is 10.2 Å². The molecule has 1 aliphatic rings. The van der Waals surface area contributed by atoms with Gasteiger partial charge in [-0.25, -0.2) is 0 Å². The molecule has 0 amide bonds. The molecule has 1 N–H and O–H groups in total. The first-order chi connectivity index (χ1) is 9.00. The SMILES string of the molecule is CC(=O)c1ccccc1NS(=O)(=O)N1CCCCC1. The third-order valence-electron chi connectivity index (χ3n) is 3.20. The van der Waals surface area contributed by atoms with Crippen molar-refractivity contribution in [3.05, 3.63) is 29.8 Å². The van der Waals surface area contributed by atoms with Crippen molar-refractivity contribution in [1.82, 2.24) is 4.31 Å². The standard InChI is InChI=1S/C13H18N2O3S/c1-11(16)12-7-3-4-8-13(12)14-19(17,18)15-9-5-2-6-10-15/h3-4,7-8,14H,2,5-6,9-10H2,1H3. The summed E-state index contributed by atoms with van der Waals surface area (Å²) in [5.41, 5.74) is 0.739. The summed E-state index contributed by atoms with van der Waals surface area (Å²) in [7, 11) is -3.56. The van der Waals surface area contributed by atoms with Crippen LogP contribution in [0.4, 0.5) is 5.69 Å². The molecule has 104 valence electrons. The zero-order chi connectivity index (χ0) is 13.9.